The Balaban J connectivity index is 0.924. The highest BCUT2D eigenvalue weighted by molar-refractivity contribution is 7.02. The van der Waals surface area contributed by atoms with Gasteiger partial charge in [-0.15, -0.1) is 0 Å². The van der Waals surface area contributed by atoms with Crippen molar-refractivity contribution in [2.75, 3.05) is 14.7 Å². The van der Waals surface area contributed by atoms with Crippen molar-refractivity contribution in [2.24, 2.45) is 0 Å². The molecular formula is C81H54B2N4O. The van der Waals surface area contributed by atoms with Crippen molar-refractivity contribution in [2.45, 2.75) is 19.3 Å². The zero-order valence-electron chi connectivity index (χ0n) is 60.6. The van der Waals surface area contributed by atoms with E-state index in [0.29, 0.717) is 45.5 Å². The van der Waals surface area contributed by atoms with E-state index in [2.05, 4.69) is 156 Å². The summed E-state index contributed by atoms with van der Waals surface area (Å²) in [7, 11) is 0. The second kappa shape index (κ2) is 18.5. The number of ether oxygens (including phenoxy) is 1. The number of rotatable bonds is 6. The van der Waals surface area contributed by atoms with Crippen molar-refractivity contribution in [3.8, 4) is 50.6 Å². The number of nitrogens with zero attached hydrogens (tertiary/aromatic N) is 4. The van der Waals surface area contributed by atoms with E-state index in [1.165, 1.54) is 22.3 Å². The summed E-state index contributed by atoms with van der Waals surface area (Å²) in [6.07, 6.45) is 0. The van der Waals surface area contributed by atoms with E-state index in [1.54, 1.807) is 16.7 Å². The van der Waals surface area contributed by atoms with Crippen molar-refractivity contribution in [1.82, 2.24) is 4.57 Å². The summed E-state index contributed by atoms with van der Waals surface area (Å²) in [6.45, 7) is 3.70. The van der Waals surface area contributed by atoms with E-state index in [0.717, 1.165) is 72.3 Å². The van der Waals surface area contributed by atoms with Crippen LogP contribution >= 0.6 is 0 Å². The lowest BCUT2D eigenvalue weighted by Gasteiger charge is -2.45. The molecule has 88 heavy (non-hydrogen) atoms. The Morgan fingerprint density at radius 2 is 0.886 bits per heavy atom. The standard InChI is InChI=1S/C81H54B2N4O/c1-81(2)63-34-15-12-29-59(63)62-33-22-32-58(78(62)81)53-45-73-80-77(46-53)88-76-50-72-66(49-67(76)83(80)65-36-17-21-40-71(65)84(73)54-25-8-4-9-26-54)82-64-35-16-20-39-70(64)85(55-27-10-5-11-28-55)74-47-57(87-68-37-18-13-30-60(68)61-31-14-19-38-69(61)87)48-75(79(74)82)86(72)56-43-41-52(42-44-56)51-23-6-3-7-24-51/h3-50H,1-2H3/i3D,6D,7D,13D,14D,18D,19D,23D,24D,30D,31D,37D,38D. The number of hydrogen-bond donors (Lipinski definition) is 0. The molecule has 0 unspecified atom stereocenters. The summed E-state index contributed by atoms with van der Waals surface area (Å²) < 4.78 is 128. The fourth-order valence-electron chi connectivity index (χ4n) is 15.3. The second-order valence-electron chi connectivity index (χ2n) is 23.7. The Hall–Kier alpha value is -11.0. The fourth-order valence-corrected chi connectivity index (χ4v) is 15.3. The molecule has 1 aromatic heterocycles. The molecule has 13 aromatic carbocycles. The SMILES string of the molecule is [2H]c1c([2H])c([2H])c(-c2ccc(N3c4cc5c(cc4B4c6ccccc6N(c6ccccc6)c6cc(-n7c8c([2H])c([2H])c([2H])c([2H])c8c8c([2H])c([2H])c([2H])c([2H])c87)cc3c64)B3c4ccccc4N(c4ccccc4)c4cc(-c6cccc7c6C(C)(C)c6ccccc6-7)cc(c43)O5)cc2)c([2H])c1[2H]. The van der Waals surface area contributed by atoms with E-state index in [-0.39, 0.29) is 51.6 Å². The first kappa shape index (κ1) is 38.1. The Morgan fingerprint density at radius 3 is 1.56 bits per heavy atom. The van der Waals surface area contributed by atoms with Crippen LogP contribution in [0.25, 0.3) is 60.9 Å². The van der Waals surface area contributed by atoms with Crippen molar-refractivity contribution >= 4 is 119 Å². The monoisotopic (exact) mass is 1130 g/mol. The van der Waals surface area contributed by atoms with Crippen LogP contribution in [0.2, 0.25) is 0 Å². The summed E-state index contributed by atoms with van der Waals surface area (Å²) in [5.74, 6) is 1.26. The largest absolute Gasteiger partial charge is 0.458 e. The van der Waals surface area contributed by atoms with Gasteiger partial charge in [-0.3, -0.25) is 0 Å². The van der Waals surface area contributed by atoms with Gasteiger partial charge in [0.15, 0.2) is 0 Å². The molecule has 0 saturated carbocycles. The number of benzene rings is 13. The third-order valence-corrected chi connectivity index (χ3v) is 18.9. The van der Waals surface area contributed by atoms with E-state index in [9.17, 15) is 5.48 Å². The van der Waals surface area contributed by atoms with Crippen LogP contribution in [-0.2, 0) is 5.41 Å². The average molecular weight is 1130 g/mol. The van der Waals surface area contributed by atoms with Gasteiger partial charge in [-0.2, -0.15) is 0 Å². The molecule has 7 heteroatoms. The summed E-state index contributed by atoms with van der Waals surface area (Å²) >= 11 is 0. The maximum Gasteiger partial charge on any atom is 0.256 e. The quantitative estimate of drug-likeness (QED) is 0.155. The normalized spacial score (nSPS) is 16.2. The van der Waals surface area contributed by atoms with Gasteiger partial charge in [0.2, 0.25) is 0 Å². The van der Waals surface area contributed by atoms with Crippen LogP contribution in [0.4, 0.5) is 51.2 Å². The van der Waals surface area contributed by atoms with Crippen LogP contribution < -0.4 is 52.2 Å². The van der Waals surface area contributed by atoms with E-state index >= 15 is 0 Å². The van der Waals surface area contributed by atoms with Gasteiger partial charge in [-0.1, -0.05) is 214 Å². The Kier molecular flexibility index (Phi) is 8.01. The highest BCUT2D eigenvalue weighted by atomic mass is 16.5. The summed E-state index contributed by atoms with van der Waals surface area (Å²) in [4.78, 5) is 6.66. The highest BCUT2D eigenvalue weighted by Gasteiger charge is 2.48. The maximum absolute atomic E-state index is 9.73. The molecule has 5 aliphatic rings. The predicted molar refractivity (Wildman–Crippen MR) is 369 cm³/mol. The lowest BCUT2D eigenvalue weighted by atomic mass is 9.30. The third kappa shape index (κ3) is 6.90. The smallest absolute Gasteiger partial charge is 0.256 e. The molecular weight excluding hydrogens is 1070 g/mol. The van der Waals surface area contributed by atoms with Gasteiger partial charge in [-0.05, 0) is 162 Å². The summed E-state index contributed by atoms with van der Waals surface area (Å²) in [5.41, 5.74) is 20.1. The summed E-state index contributed by atoms with van der Waals surface area (Å²) in [5, 5.41) is -0.120. The minimum Gasteiger partial charge on any atom is -0.458 e. The molecule has 0 radical (unpaired) electrons. The van der Waals surface area contributed by atoms with Gasteiger partial charge in [0.1, 0.15) is 11.5 Å². The van der Waals surface area contributed by atoms with Crippen LogP contribution in [0, 0.1) is 0 Å². The van der Waals surface area contributed by atoms with Crippen LogP contribution in [0.15, 0.2) is 291 Å². The second-order valence-corrected chi connectivity index (χ2v) is 23.7. The molecule has 0 bridgehead atoms. The Bertz CT molecular complexity index is 5960. The van der Waals surface area contributed by atoms with Crippen molar-refractivity contribution < 1.29 is 22.6 Å². The fraction of sp³-hybridized carbons (Fsp3) is 0.0370. The number of hydrogen-bond acceptors (Lipinski definition) is 4. The lowest BCUT2D eigenvalue weighted by molar-refractivity contribution is 0.488. The minimum atomic E-state index is -0.552. The lowest BCUT2D eigenvalue weighted by Crippen LogP contribution is -2.64. The van der Waals surface area contributed by atoms with Crippen LogP contribution in [0.1, 0.15) is 42.8 Å². The van der Waals surface area contributed by atoms with Crippen molar-refractivity contribution in [3.05, 3.63) is 302 Å². The molecule has 14 aromatic rings. The number of anilines is 9. The zero-order valence-corrected chi connectivity index (χ0v) is 47.6. The van der Waals surface area contributed by atoms with Crippen LogP contribution in [0.3, 0.4) is 0 Å². The van der Waals surface area contributed by atoms with Gasteiger partial charge in [0.05, 0.1) is 34.5 Å². The third-order valence-electron chi connectivity index (χ3n) is 18.9. The molecule has 0 saturated heterocycles. The first-order valence-electron chi connectivity index (χ1n) is 36.2. The van der Waals surface area contributed by atoms with Gasteiger partial charge in [-0.25, -0.2) is 0 Å². The number of aromatic nitrogens is 1. The maximum atomic E-state index is 9.73. The molecule has 1 aliphatic carbocycles. The van der Waals surface area contributed by atoms with E-state index < -0.39 is 73.2 Å². The molecule has 4 aliphatic heterocycles. The predicted octanol–water partition coefficient (Wildman–Crippen LogP) is 16.9. The van der Waals surface area contributed by atoms with Gasteiger partial charge in [0, 0.05) is 73.4 Å². The molecule has 0 spiro atoms. The Labute approximate surface area is 530 Å². The van der Waals surface area contributed by atoms with E-state index in [4.69, 9.17) is 17.1 Å². The molecule has 5 heterocycles. The van der Waals surface area contributed by atoms with Gasteiger partial charge >= 0.3 is 0 Å². The van der Waals surface area contributed by atoms with Crippen molar-refractivity contribution in [1.29, 1.82) is 0 Å². The molecule has 0 N–H and O–H groups in total. The minimum absolute atomic E-state index is 0.0312. The molecule has 19 rings (SSSR count). The molecule has 0 atom stereocenters. The average Bonchev–Trinajstić information content (AvgIpc) is 1.39. The topological polar surface area (TPSA) is 23.9 Å². The van der Waals surface area contributed by atoms with E-state index in [1.807, 2.05) is 72.8 Å². The van der Waals surface area contributed by atoms with Crippen molar-refractivity contribution in [3.63, 3.8) is 0 Å². The van der Waals surface area contributed by atoms with Gasteiger partial charge in [0.25, 0.3) is 13.4 Å². The van der Waals surface area contributed by atoms with Crippen LogP contribution in [-0.4, -0.2) is 18.0 Å². The highest BCUT2D eigenvalue weighted by Crippen LogP contribution is 2.54. The van der Waals surface area contributed by atoms with Crippen LogP contribution in [0.5, 0.6) is 11.5 Å². The molecule has 410 valence electrons. The zero-order chi connectivity index (χ0) is 69.2. The molecule has 5 nitrogen and oxygen atoms in total. The first-order valence-corrected chi connectivity index (χ1v) is 29.7. The number of para-hydroxylation sites is 6. The Morgan fingerprint density at radius 1 is 0.352 bits per heavy atom. The molecule has 0 fully saturated rings. The number of fused-ring (bicyclic) bond motifs is 14. The molecule has 0 amide bonds. The van der Waals surface area contributed by atoms with Gasteiger partial charge < -0.3 is 24.0 Å². The first-order chi connectivity index (χ1) is 48.8. The summed E-state index contributed by atoms with van der Waals surface area (Å²) in [6, 6.07) is 66.5.